The Balaban J connectivity index is 2.37. The van der Waals surface area contributed by atoms with E-state index >= 15 is 0 Å². The highest BCUT2D eigenvalue weighted by molar-refractivity contribution is 5.91. The van der Waals surface area contributed by atoms with E-state index in [1.165, 1.54) is 36.6 Å². The lowest BCUT2D eigenvalue weighted by atomic mass is 9.79. The van der Waals surface area contributed by atoms with Crippen LogP contribution < -0.4 is 0 Å². The van der Waals surface area contributed by atoms with Crippen molar-refractivity contribution >= 4 is 10.8 Å². The lowest BCUT2D eigenvalue weighted by molar-refractivity contribution is 0.594. The lowest BCUT2D eigenvalue weighted by Crippen LogP contribution is -2.14. The van der Waals surface area contributed by atoms with E-state index in [1.54, 1.807) is 16.5 Å². The van der Waals surface area contributed by atoms with Gasteiger partial charge < -0.3 is 0 Å². The first-order chi connectivity index (χ1) is 8.57. The van der Waals surface area contributed by atoms with Crippen LogP contribution in [0.1, 0.15) is 50.3 Å². The monoisotopic (exact) mass is 238 g/mol. The Labute approximate surface area is 110 Å². The molecule has 0 aliphatic heterocycles. The molecule has 18 heavy (non-hydrogen) atoms. The van der Waals surface area contributed by atoms with Crippen molar-refractivity contribution in [3.63, 3.8) is 0 Å². The molecule has 94 valence electrons. The van der Waals surface area contributed by atoms with Crippen LogP contribution in [0.25, 0.3) is 10.8 Å². The summed E-state index contributed by atoms with van der Waals surface area (Å²) < 4.78 is 0. The zero-order valence-electron chi connectivity index (χ0n) is 11.7. The van der Waals surface area contributed by atoms with Gasteiger partial charge in [-0.05, 0) is 58.6 Å². The number of fused-ring (bicyclic) bond motifs is 3. The highest BCUT2D eigenvalue weighted by Gasteiger charge is 2.20. The molecule has 0 amide bonds. The zero-order valence-corrected chi connectivity index (χ0v) is 11.7. The first-order valence-electron chi connectivity index (χ1n) is 7.11. The van der Waals surface area contributed by atoms with E-state index < -0.39 is 0 Å². The quantitative estimate of drug-likeness (QED) is 0.605. The fourth-order valence-electron chi connectivity index (χ4n) is 3.26. The van der Waals surface area contributed by atoms with Gasteiger partial charge in [0.15, 0.2) is 0 Å². The van der Waals surface area contributed by atoms with Crippen molar-refractivity contribution < 1.29 is 0 Å². The summed E-state index contributed by atoms with van der Waals surface area (Å²) in [5, 5.41) is 2.96. The molecule has 0 N–H and O–H groups in total. The van der Waals surface area contributed by atoms with Crippen LogP contribution >= 0.6 is 0 Å². The smallest absolute Gasteiger partial charge is 0.0112 e. The molecule has 3 rings (SSSR count). The Morgan fingerprint density at radius 2 is 1.67 bits per heavy atom. The van der Waals surface area contributed by atoms with Crippen LogP contribution in [-0.4, -0.2) is 0 Å². The summed E-state index contributed by atoms with van der Waals surface area (Å²) in [6, 6.07) is 11.5. The molecule has 0 heterocycles. The average molecular weight is 238 g/mol. The number of benzene rings is 2. The Morgan fingerprint density at radius 3 is 2.44 bits per heavy atom. The molecule has 0 fully saturated rings. The molecule has 0 spiro atoms. The maximum Gasteiger partial charge on any atom is -0.0112 e. The molecule has 0 radical (unpaired) electrons. The first-order valence-corrected chi connectivity index (χ1v) is 7.11. The summed E-state index contributed by atoms with van der Waals surface area (Å²) in [5.74, 6) is 0. The van der Waals surface area contributed by atoms with Gasteiger partial charge in [-0.2, -0.15) is 0 Å². The normalized spacial score (nSPS) is 15.7. The maximum absolute atomic E-state index is 2.35. The lowest BCUT2D eigenvalue weighted by Gasteiger charge is -2.26. The first kappa shape index (κ1) is 11.8. The van der Waals surface area contributed by atoms with Gasteiger partial charge in [0, 0.05) is 0 Å². The molecule has 0 bridgehead atoms. The molecule has 0 unspecified atom stereocenters. The molecule has 0 saturated carbocycles. The number of hydrogen-bond acceptors (Lipinski definition) is 0. The van der Waals surface area contributed by atoms with Crippen LogP contribution in [0.4, 0.5) is 0 Å². The third-order valence-electron chi connectivity index (χ3n) is 4.18. The largest absolute Gasteiger partial charge is 0.0613 e. The molecule has 0 aromatic heterocycles. The van der Waals surface area contributed by atoms with Gasteiger partial charge in [-0.1, -0.05) is 51.1 Å². The number of aryl methyl sites for hydroxylation is 2. The molecule has 2 aromatic carbocycles. The van der Waals surface area contributed by atoms with E-state index in [-0.39, 0.29) is 5.41 Å². The Bertz CT molecular complexity index is 585. The summed E-state index contributed by atoms with van der Waals surface area (Å²) >= 11 is 0. The molecule has 0 saturated heterocycles. The van der Waals surface area contributed by atoms with Gasteiger partial charge in [0.05, 0.1) is 0 Å². The van der Waals surface area contributed by atoms with E-state index in [9.17, 15) is 0 Å². The minimum atomic E-state index is 0.228. The Kier molecular flexibility index (Phi) is 2.69. The molecular formula is C18H22. The van der Waals surface area contributed by atoms with Gasteiger partial charge in [-0.15, -0.1) is 0 Å². The second kappa shape index (κ2) is 4.12. The zero-order chi connectivity index (χ0) is 12.8. The van der Waals surface area contributed by atoms with Gasteiger partial charge >= 0.3 is 0 Å². The summed E-state index contributed by atoms with van der Waals surface area (Å²) in [4.78, 5) is 0. The summed E-state index contributed by atoms with van der Waals surface area (Å²) in [6.45, 7) is 6.97. The predicted octanol–water partition coefficient (Wildman–Crippen LogP) is 5.02. The van der Waals surface area contributed by atoms with E-state index in [1.807, 2.05) is 0 Å². The number of rotatable bonds is 0. The molecule has 1 aliphatic rings. The highest BCUT2D eigenvalue weighted by Crippen LogP contribution is 2.36. The summed E-state index contributed by atoms with van der Waals surface area (Å²) in [7, 11) is 0. The van der Waals surface area contributed by atoms with Gasteiger partial charge in [0.25, 0.3) is 0 Å². The van der Waals surface area contributed by atoms with Crippen LogP contribution in [0.15, 0.2) is 30.3 Å². The van der Waals surface area contributed by atoms with E-state index in [2.05, 4.69) is 51.1 Å². The van der Waals surface area contributed by atoms with Crippen LogP contribution in [0, 0.1) is 0 Å². The Morgan fingerprint density at radius 1 is 0.889 bits per heavy atom. The third-order valence-corrected chi connectivity index (χ3v) is 4.18. The van der Waals surface area contributed by atoms with Crippen LogP contribution in [-0.2, 0) is 18.3 Å². The fourth-order valence-corrected chi connectivity index (χ4v) is 3.26. The van der Waals surface area contributed by atoms with Crippen LogP contribution in [0.3, 0.4) is 0 Å². The Hall–Kier alpha value is -1.30. The predicted molar refractivity (Wildman–Crippen MR) is 79.3 cm³/mol. The van der Waals surface area contributed by atoms with Gasteiger partial charge in [0.2, 0.25) is 0 Å². The second-order valence-corrected chi connectivity index (χ2v) is 6.56. The molecule has 0 heteroatoms. The number of hydrogen-bond donors (Lipinski definition) is 0. The minimum absolute atomic E-state index is 0.228. The molecular weight excluding hydrogens is 216 g/mol. The van der Waals surface area contributed by atoms with Crippen molar-refractivity contribution in [2.24, 2.45) is 0 Å². The van der Waals surface area contributed by atoms with E-state index in [4.69, 9.17) is 0 Å². The topological polar surface area (TPSA) is 0 Å². The maximum atomic E-state index is 2.35. The summed E-state index contributed by atoms with van der Waals surface area (Å²) in [5.41, 5.74) is 4.96. The fraction of sp³-hybridized carbons (Fsp3) is 0.444. The van der Waals surface area contributed by atoms with Crippen molar-refractivity contribution in [3.05, 3.63) is 47.0 Å². The third kappa shape index (κ3) is 1.84. The van der Waals surface area contributed by atoms with Crippen molar-refractivity contribution in [2.75, 3.05) is 0 Å². The highest BCUT2D eigenvalue weighted by atomic mass is 14.2. The van der Waals surface area contributed by atoms with Crippen molar-refractivity contribution in [1.29, 1.82) is 0 Å². The second-order valence-electron chi connectivity index (χ2n) is 6.56. The van der Waals surface area contributed by atoms with Gasteiger partial charge in [-0.3, -0.25) is 0 Å². The van der Waals surface area contributed by atoms with Gasteiger partial charge in [0.1, 0.15) is 0 Å². The molecule has 2 aromatic rings. The minimum Gasteiger partial charge on any atom is -0.0613 e. The summed E-state index contributed by atoms with van der Waals surface area (Å²) in [6.07, 6.45) is 5.24. The van der Waals surface area contributed by atoms with Crippen LogP contribution in [0.5, 0.6) is 0 Å². The van der Waals surface area contributed by atoms with Crippen molar-refractivity contribution in [3.8, 4) is 0 Å². The van der Waals surface area contributed by atoms with Crippen molar-refractivity contribution in [2.45, 2.75) is 51.9 Å². The van der Waals surface area contributed by atoms with E-state index in [0.29, 0.717) is 0 Å². The van der Waals surface area contributed by atoms with Crippen LogP contribution in [0.2, 0.25) is 0 Å². The molecule has 1 aliphatic carbocycles. The average Bonchev–Trinajstić information content (AvgIpc) is 2.36. The van der Waals surface area contributed by atoms with Crippen molar-refractivity contribution in [1.82, 2.24) is 0 Å². The standard InChI is InChI=1S/C18H22/c1-18(2,3)16-10-6-8-14-12-11-13-7-4-5-9-15(13)17(14)16/h6,8,10-12H,4-5,7,9H2,1-3H3. The van der Waals surface area contributed by atoms with E-state index in [0.717, 1.165) is 0 Å². The SMILES string of the molecule is CC(C)(C)c1cccc2ccc3c(c12)CCCC3. The molecule has 0 atom stereocenters. The van der Waals surface area contributed by atoms with Gasteiger partial charge in [-0.25, -0.2) is 0 Å². The molecule has 0 nitrogen and oxygen atoms in total.